The molecular formula is C31H39N7. The molecule has 0 amide bonds. The van der Waals surface area contributed by atoms with Crippen LogP contribution in [0.1, 0.15) is 37.7 Å². The number of H-pyrrole nitrogens is 1. The van der Waals surface area contributed by atoms with Gasteiger partial charge in [0, 0.05) is 66.0 Å². The number of nitrogens with zero attached hydrogens (tertiary/aromatic N) is 4. The summed E-state index contributed by atoms with van der Waals surface area (Å²) in [4.78, 5) is 17.6. The van der Waals surface area contributed by atoms with Crippen LogP contribution in [0.2, 0.25) is 0 Å². The second-order valence-electron chi connectivity index (χ2n) is 10.1. The van der Waals surface area contributed by atoms with E-state index in [1.807, 2.05) is 37.4 Å². The summed E-state index contributed by atoms with van der Waals surface area (Å²) in [6, 6.07) is 6.13. The Labute approximate surface area is 226 Å². The highest BCUT2D eigenvalue weighted by Gasteiger charge is 2.20. The van der Waals surface area contributed by atoms with E-state index in [-0.39, 0.29) is 0 Å². The molecule has 4 rings (SSSR count). The lowest BCUT2D eigenvalue weighted by molar-refractivity contribution is 0.312. The van der Waals surface area contributed by atoms with E-state index in [1.54, 1.807) is 12.3 Å². The van der Waals surface area contributed by atoms with Crippen LogP contribution < -0.4 is 16.0 Å². The molecule has 0 bridgehead atoms. The monoisotopic (exact) mass is 509 g/mol. The van der Waals surface area contributed by atoms with Gasteiger partial charge in [0.1, 0.15) is 5.82 Å². The van der Waals surface area contributed by atoms with Crippen molar-refractivity contribution in [2.45, 2.75) is 20.8 Å². The normalized spacial score (nSPS) is 15.2. The summed E-state index contributed by atoms with van der Waals surface area (Å²) in [5.74, 6) is 1.31. The van der Waals surface area contributed by atoms with Gasteiger partial charge in [0.05, 0.1) is 23.1 Å². The lowest BCUT2D eigenvalue weighted by atomic mass is 10.00. The van der Waals surface area contributed by atoms with E-state index < -0.39 is 0 Å². The first-order valence-electron chi connectivity index (χ1n) is 13.0. The SMILES string of the molecule is C=C/C(=C\C(=C/C)c1cc(C(=C)c2cc3c(N4CCN(C)CC4)nccc3[nH]2)c(N)cn1)NC(=C)C(C)C. The minimum Gasteiger partial charge on any atom is -0.397 e. The summed E-state index contributed by atoms with van der Waals surface area (Å²) in [7, 11) is 2.16. The van der Waals surface area contributed by atoms with Crippen molar-refractivity contribution in [3.05, 3.63) is 96.9 Å². The number of likely N-dealkylation sites (N-methyl/N-ethyl adjacent to an activating group) is 1. The highest BCUT2D eigenvalue weighted by molar-refractivity contribution is 5.96. The van der Waals surface area contributed by atoms with Crippen molar-refractivity contribution < 1.29 is 0 Å². The Morgan fingerprint density at radius 1 is 1.16 bits per heavy atom. The molecule has 198 valence electrons. The molecule has 0 aliphatic carbocycles. The number of anilines is 2. The van der Waals surface area contributed by atoms with Crippen molar-refractivity contribution in [2.75, 3.05) is 43.9 Å². The highest BCUT2D eigenvalue weighted by Crippen LogP contribution is 2.33. The Morgan fingerprint density at radius 3 is 2.55 bits per heavy atom. The van der Waals surface area contributed by atoms with Crippen molar-refractivity contribution in [3.63, 3.8) is 0 Å². The number of nitrogens with two attached hydrogens (primary N) is 1. The number of piperazine rings is 1. The van der Waals surface area contributed by atoms with Crippen molar-refractivity contribution in [1.82, 2.24) is 25.2 Å². The summed E-state index contributed by atoms with van der Waals surface area (Å²) in [6.45, 7) is 22.6. The fourth-order valence-corrected chi connectivity index (χ4v) is 4.45. The maximum Gasteiger partial charge on any atom is 0.138 e. The molecule has 0 radical (unpaired) electrons. The fraction of sp³-hybridized carbons (Fsp3) is 0.290. The zero-order valence-electron chi connectivity index (χ0n) is 23.0. The van der Waals surface area contributed by atoms with Gasteiger partial charge in [0.15, 0.2) is 0 Å². The minimum absolute atomic E-state index is 0.306. The van der Waals surface area contributed by atoms with Crippen molar-refractivity contribution >= 4 is 33.6 Å². The molecule has 4 heterocycles. The number of fused-ring (bicyclic) bond motifs is 1. The molecule has 3 aromatic heterocycles. The first-order valence-corrected chi connectivity index (χ1v) is 13.0. The number of aromatic amines is 1. The number of hydrogen-bond donors (Lipinski definition) is 3. The zero-order valence-corrected chi connectivity index (χ0v) is 23.0. The van der Waals surface area contributed by atoms with Crippen LogP contribution in [0.15, 0.2) is 80.0 Å². The first-order chi connectivity index (χ1) is 18.2. The predicted octanol–water partition coefficient (Wildman–Crippen LogP) is 5.59. The molecule has 4 N–H and O–H groups in total. The molecule has 38 heavy (non-hydrogen) atoms. The summed E-state index contributed by atoms with van der Waals surface area (Å²) in [5.41, 5.74) is 14.1. The molecule has 0 unspecified atom stereocenters. The van der Waals surface area contributed by atoms with Crippen LogP contribution in [0.5, 0.6) is 0 Å². The van der Waals surface area contributed by atoms with Crippen molar-refractivity contribution in [3.8, 4) is 0 Å². The van der Waals surface area contributed by atoms with Crippen LogP contribution in [0.4, 0.5) is 11.5 Å². The molecule has 0 saturated carbocycles. The molecule has 0 atom stereocenters. The van der Waals surface area contributed by atoms with Crippen LogP contribution in [-0.2, 0) is 0 Å². The predicted molar refractivity (Wildman–Crippen MR) is 162 cm³/mol. The quantitative estimate of drug-likeness (QED) is 0.326. The Kier molecular flexibility index (Phi) is 8.17. The first kappa shape index (κ1) is 26.9. The molecule has 1 saturated heterocycles. The maximum atomic E-state index is 6.41. The number of allylic oxidation sites excluding steroid dienone is 5. The molecule has 0 spiro atoms. The van der Waals surface area contributed by atoms with E-state index in [4.69, 9.17) is 10.7 Å². The lowest BCUT2D eigenvalue weighted by Gasteiger charge is -2.33. The van der Waals surface area contributed by atoms with Gasteiger partial charge >= 0.3 is 0 Å². The third-order valence-corrected chi connectivity index (χ3v) is 7.05. The van der Waals surface area contributed by atoms with Gasteiger partial charge in [-0.05, 0) is 55.8 Å². The van der Waals surface area contributed by atoms with Gasteiger partial charge < -0.3 is 25.8 Å². The number of rotatable bonds is 9. The van der Waals surface area contributed by atoms with E-state index >= 15 is 0 Å². The Bertz CT molecular complexity index is 1420. The Hall–Kier alpha value is -4.10. The van der Waals surface area contributed by atoms with E-state index in [0.717, 1.165) is 82.4 Å². The smallest absolute Gasteiger partial charge is 0.138 e. The van der Waals surface area contributed by atoms with Crippen LogP contribution in [-0.4, -0.2) is 53.1 Å². The van der Waals surface area contributed by atoms with Crippen molar-refractivity contribution in [2.24, 2.45) is 5.92 Å². The third-order valence-electron chi connectivity index (χ3n) is 7.05. The molecule has 1 aliphatic heterocycles. The number of nitrogen functional groups attached to an aromatic ring is 1. The summed E-state index contributed by atoms with van der Waals surface area (Å²) >= 11 is 0. The average Bonchev–Trinajstić information content (AvgIpc) is 3.36. The Morgan fingerprint density at radius 2 is 1.89 bits per heavy atom. The van der Waals surface area contributed by atoms with Gasteiger partial charge in [-0.2, -0.15) is 0 Å². The molecule has 7 heteroatoms. The summed E-state index contributed by atoms with van der Waals surface area (Å²) in [5, 5.41) is 4.43. The van der Waals surface area contributed by atoms with E-state index in [0.29, 0.717) is 11.6 Å². The highest BCUT2D eigenvalue weighted by atomic mass is 15.3. The fourth-order valence-electron chi connectivity index (χ4n) is 4.45. The van der Waals surface area contributed by atoms with Crippen molar-refractivity contribution in [1.29, 1.82) is 0 Å². The van der Waals surface area contributed by atoms with Gasteiger partial charge in [0.2, 0.25) is 0 Å². The summed E-state index contributed by atoms with van der Waals surface area (Å²) in [6.07, 6.45) is 9.38. The topological polar surface area (TPSA) is 86.1 Å². The van der Waals surface area contributed by atoms with Gasteiger partial charge in [-0.1, -0.05) is 39.7 Å². The maximum absolute atomic E-state index is 6.41. The summed E-state index contributed by atoms with van der Waals surface area (Å²) < 4.78 is 0. The number of hydrogen-bond acceptors (Lipinski definition) is 6. The standard InChI is InChI=1S/C31H39N7/c1-8-23(16-24(9-2)35-22(6)20(3)4)30-17-25(27(32)19-34-30)21(5)29-18-26-28(36-29)10-11-33-31(26)38-14-12-37(7)13-15-38/h8-11,16-20,35-36H,2,5-6,12-15,32H2,1,3-4,7H3/b23-8+,24-16+. The van der Waals surface area contributed by atoms with Crippen LogP contribution >= 0.6 is 0 Å². The second-order valence-corrected chi connectivity index (χ2v) is 10.1. The van der Waals surface area contributed by atoms with Crippen LogP contribution in [0, 0.1) is 5.92 Å². The van der Waals surface area contributed by atoms with Crippen LogP contribution in [0.25, 0.3) is 22.0 Å². The molecule has 7 nitrogen and oxygen atoms in total. The largest absolute Gasteiger partial charge is 0.397 e. The number of pyridine rings is 2. The van der Waals surface area contributed by atoms with E-state index in [1.165, 1.54) is 0 Å². The molecule has 1 aliphatic rings. The van der Waals surface area contributed by atoms with Gasteiger partial charge in [-0.15, -0.1) is 0 Å². The second kappa shape index (κ2) is 11.5. The van der Waals surface area contributed by atoms with Gasteiger partial charge in [-0.3, -0.25) is 4.98 Å². The lowest BCUT2D eigenvalue weighted by Crippen LogP contribution is -2.44. The third kappa shape index (κ3) is 5.73. The van der Waals surface area contributed by atoms with Gasteiger partial charge in [-0.25, -0.2) is 4.98 Å². The minimum atomic E-state index is 0.306. The zero-order chi connectivity index (χ0) is 27.4. The average molecular weight is 510 g/mol. The number of nitrogens with one attached hydrogen (secondary N) is 2. The van der Waals surface area contributed by atoms with Crippen LogP contribution in [0.3, 0.4) is 0 Å². The van der Waals surface area contributed by atoms with E-state index in [9.17, 15) is 0 Å². The van der Waals surface area contributed by atoms with E-state index in [2.05, 4.69) is 71.8 Å². The number of aromatic nitrogens is 3. The molecule has 0 aromatic carbocycles. The van der Waals surface area contributed by atoms with Gasteiger partial charge in [0.25, 0.3) is 0 Å². The molecule has 1 fully saturated rings. The molecular weight excluding hydrogens is 470 g/mol. The molecule has 3 aromatic rings. The Balaban J connectivity index is 1.66.